The van der Waals surface area contributed by atoms with Gasteiger partial charge in [0.1, 0.15) is 4.92 Å². The zero-order valence-electron chi connectivity index (χ0n) is 17.3. The first-order valence-corrected chi connectivity index (χ1v) is 8.96. The van der Waals surface area contributed by atoms with Gasteiger partial charge in [0.25, 0.3) is 5.91 Å². The van der Waals surface area contributed by atoms with Gasteiger partial charge < -0.3 is 9.73 Å². The van der Waals surface area contributed by atoms with E-state index < -0.39 is 70.3 Å². The molecule has 1 heterocycles. The highest BCUT2D eigenvalue weighted by atomic mass is 19.4. The average Bonchev–Trinajstić information content (AvgIpc) is 3.22. The molecule has 1 aromatic heterocycles. The number of halogens is 13. The van der Waals surface area contributed by atoms with Crippen molar-refractivity contribution in [2.24, 2.45) is 0 Å². The van der Waals surface area contributed by atoms with E-state index in [1.165, 1.54) is 4.74 Å². The van der Waals surface area contributed by atoms with Crippen LogP contribution in [0.1, 0.15) is 16.1 Å². The number of nitrogens with one attached hydrogen (secondary N) is 1. The second-order valence-corrected chi connectivity index (χ2v) is 6.78. The molecule has 0 saturated heterocycles. The quantitative estimate of drug-likeness (QED) is 0.195. The van der Waals surface area contributed by atoms with Gasteiger partial charge in [-0.1, -0.05) is 12.1 Å². The maximum atomic E-state index is 14.3. The minimum atomic E-state index is -7.57. The highest BCUT2D eigenvalue weighted by Crippen LogP contribution is 2.54. The molecule has 1 aromatic carbocycles. The maximum absolute atomic E-state index is 14.3. The minimum absolute atomic E-state index is 0.0440. The summed E-state index contributed by atoms with van der Waals surface area (Å²) < 4.78 is 179. The Labute approximate surface area is 199 Å². The van der Waals surface area contributed by atoms with Gasteiger partial charge >= 0.3 is 42.4 Å². The van der Waals surface area contributed by atoms with Crippen LogP contribution >= 0.6 is 0 Å². The van der Waals surface area contributed by atoms with Gasteiger partial charge in [0, 0.05) is 11.3 Å². The molecule has 21 heteroatoms. The van der Waals surface area contributed by atoms with Crippen molar-refractivity contribution in [1.29, 1.82) is 0 Å². The lowest BCUT2D eigenvalue weighted by Crippen LogP contribution is -2.61. The fourth-order valence-electron chi connectivity index (χ4n) is 2.37. The number of hydrogen-bond acceptors (Lipinski definition) is 6. The standard InChI is InChI=1S/C17H7F13N2O6/c18-12(19,14(22,23)37-15(24,25)13(20,21)16(26,27)38-17(28,29)30)7-2-1-3-8(6-7)31-11(33)9-4-5-10(36-9)32(34)35/h1-6H,(H,31,33). The first-order chi connectivity index (χ1) is 16.9. The second-order valence-electron chi connectivity index (χ2n) is 6.78. The fraction of sp³-hybridized carbons (Fsp3) is 0.353. The van der Waals surface area contributed by atoms with Crippen LogP contribution in [0.2, 0.25) is 0 Å². The molecule has 2 rings (SSSR count). The summed E-state index contributed by atoms with van der Waals surface area (Å²) in [5.74, 6) is -16.8. The highest BCUT2D eigenvalue weighted by molar-refractivity contribution is 6.02. The lowest BCUT2D eigenvalue weighted by atomic mass is 10.1. The van der Waals surface area contributed by atoms with Crippen molar-refractivity contribution in [2.75, 3.05) is 5.32 Å². The Morgan fingerprint density at radius 2 is 1.37 bits per heavy atom. The maximum Gasteiger partial charge on any atom is 0.527 e. The summed E-state index contributed by atoms with van der Waals surface area (Å²) in [7, 11) is 0. The zero-order valence-corrected chi connectivity index (χ0v) is 17.3. The van der Waals surface area contributed by atoms with E-state index >= 15 is 0 Å². The topological polar surface area (TPSA) is 104 Å². The third kappa shape index (κ3) is 6.09. The third-order valence-corrected chi connectivity index (χ3v) is 4.08. The Balaban J connectivity index is 2.32. The summed E-state index contributed by atoms with van der Waals surface area (Å²) in [4.78, 5) is 21.4. The molecule has 1 N–H and O–H groups in total. The van der Waals surface area contributed by atoms with Crippen LogP contribution in [-0.4, -0.2) is 41.4 Å². The molecule has 0 bridgehead atoms. The van der Waals surface area contributed by atoms with Crippen molar-refractivity contribution in [3.8, 4) is 0 Å². The van der Waals surface area contributed by atoms with Gasteiger partial charge in [0.2, 0.25) is 0 Å². The van der Waals surface area contributed by atoms with E-state index in [-0.39, 0.29) is 12.1 Å². The van der Waals surface area contributed by atoms with Crippen molar-refractivity contribution < 1.29 is 80.7 Å². The lowest BCUT2D eigenvalue weighted by Gasteiger charge is -2.35. The summed E-state index contributed by atoms with van der Waals surface area (Å²) >= 11 is 0. The molecule has 0 aliphatic carbocycles. The lowest BCUT2D eigenvalue weighted by molar-refractivity contribution is -0.535. The number of benzene rings is 1. The average molecular weight is 582 g/mol. The van der Waals surface area contributed by atoms with Crippen LogP contribution in [0, 0.1) is 10.1 Å². The highest BCUT2D eigenvalue weighted by Gasteiger charge is 2.80. The number of nitro groups is 1. The molecule has 2 aromatic rings. The summed E-state index contributed by atoms with van der Waals surface area (Å²) in [6, 6.07) is 2.58. The Hall–Kier alpha value is -3.62. The number of furan rings is 1. The van der Waals surface area contributed by atoms with E-state index in [1.807, 2.05) is 4.74 Å². The number of ether oxygens (including phenoxy) is 2. The largest absolute Gasteiger partial charge is 0.527 e. The Kier molecular flexibility index (Phi) is 7.73. The van der Waals surface area contributed by atoms with Gasteiger partial charge in [-0.2, -0.15) is 43.9 Å². The summed E-state index contributed by atoms with van der Waals surface area (Å²) in [5, 5.41) is 12.3. The molecule has 0 atom stereocenters. The van der Waals surface area contributed by atoms with E-state index in [0.29, 0.717) is 18.2 Å². The number of rotatable bonds is 10. The van der Waals surface area contributed by atoms with Crippen molar-refractivity contribution in [3.05, 3.63) is 57.8 Å². The molecule has 0 spiro atoms. The van der Waals surface area contributed by atoms with Crippen molar-refractivity contribution >= 4 is 17.5 Å². The first kappa shape index (κ1) is 30.6. The van der Waals surface area contributed by atoms with E-state index in [0.717, 1.165) is 6.07 Å². The van der Waals surface area contributed by atoms with Crippen LogP contribution in [0.3, 0.4) is 0 Å². The van der Waals surface area contributed by atoms with Crippen LogP contribution in [-0.2, 0) is 15.4 Å². The normalized spacial score (nSPS) is 13.9. The number of amides is 1. The van der Waals surface area contributed by atoms with Crippen molar-refractivity contribution in [2.45, 2.75) is 36.5 Å². The van der Waals surface area contributed by atoms with Gasteiger partial charge in [-0.05, 0) is 18.2 Å². The molecule has 0 unspecified atom stereocenters. The molecule has 212 valence electrons. The van der Waals surface area contributed by atoms with Gasteiger partial charge in [-0.15, -0.1) is 13.2 Å². The van der Waals surface area contributed by atoms with E-state index in [4.69, 9.17) is 0 Å². The van der Waals surface area contributed by atoms with Gasteiger partial charge in [0.05, 0.1) is 6.07 Å². The molecule has 0 aliphatic heterocycles. The minimum Gasteiger partial charge on any atom is -0.395 e. The smallest absolute Gasteiger partial charge is 0.395 e. The van der Waals surface area contributed by atoms with E-state index in [1.54, 1.807) is 5.32 Å². The Morgan fingerprint density at radius 3 is 1.87 bits per heavy atom. The molecule has 0 saturated carbocycles. The molecule has 8 nitrogen and oxygen atoms in total. The number of carbonyl (C=O) groups is 1. The summed E-state index contributed by atoms with van der Waals surface area (Å²) in [6.07, 6.45) is -28.2. The molecule has 1 amide bonds. The number of nitrogens with zero attached hydrogens (tertiary/aromatic N) is 1. The molecule has 0 fully saturated rings. The van der Waals surface area contributed by atoms with Gasteiger partial charge in [-0.25, -0.2) is 9.47 Å². The van der Waals surface area contributed by atoms with Crippen LogP contribution in [0.25, 0.3) is 0 Å². The zero-order chi connectivity index (χ0) is 29.5. The molecular weight excluding hydrogens is 575 g/mol. The SMILES string of the molecule is O=C(Nc1cccc(C(F)(F)C(F)(F)OC(F)(F)C(F)(F)C(F)(F)OC(F)(F)F)c1)c1ccc([N+](=O)[O-])o1. The number of anilines is 1. The predicted molar refractivity (Wildman–Crippen MR) is 91.7 cm³/mol. The monoisotopic (exact) mass is 582 g/mol. The van der Waals surface area contributed by atoms with Crippen molar-refractivity contribution in [3.63, 3.8) is 0 Å². The number of alkyl halides is 13. The summed E-state index contributed by atoms with van der Waals surface area (Å²) in [5.41, 5.74) is -2.91. The van der Waals surface area contributed by atoms with Crippen LogP contribution in [0.4, 0.5) is 68.6 Å². The Morgan fingerprint density at radius 1 is 0.816 bits per heavy atom. The molecular formula is C17H7F13N2O6. The van der Waals surface area contributed by atoms with E-state index in [9.17, 15) is 72.0 Å². The fourth-order valence-corrected chi connectivity index (χ4v) is 2.37. The van der Waals surface area contributed by atoms with Crippen LogP contribution in [0.15, 0.2) is 40.8 Å². The van der Waals surface area contributed by atoms with Crippen LogP contribution in [0.5, 0.6) is 0 Å². The number of hydrogen-bond donors (Lipinski definition) is 1. The first-order valence-electron chi connectivity index (χ1n) is 8.96. The van der Waals surface area contributed by atoms with Gasteiger partial charge in [-0.3, -0.25) is 14.9 Å². The molecule has 38 heavy (non-hydrogen) atoms. The summed E-state index contributed by atoms with van der Waals surface area (Å²) in [6.45, 7) is 0. The number of carbonyl (C=O) groups excluding carboxylic acids is 1. The van der Waals surface area contributed by atoms with Gasteiger partial charge in [0.15, 0.2) is 5.76 Å². The molecule has 0 aliphatic rings. The Bertz CT molecular complexity index is 1200. The van der Waals surface area contributed by atoms with E-state index in [2.05, 4.69) is 4.42 Å². The predicted octanol–water partition coefficient (Wildman–Crippen LogP) is 6.50. The molecule has 0 radical (unpaired) electrons. The van der Waals surface area contributed by atoms with Crippen molar-refractivity contribution in [1.82, 2.24) is 0 Å². The van der Waals surface area contributed by atoms with Crippen LogP contribution < -0.4 is 5.32 Å². The second kappa shape index (κ2) is 9.60. The third-order valence-electron chi connectivity index (χ3n) is 4.08.